The lowest BCUT2D eigenvalue weighted by molar-refractivity contribution is -0.0867. The Morgan fingerprint density at radius 3 is 2.44 bits per heavy atom. The molecule has 0 aliphatic heterocycles. The van der Waals surface area contributed by atoms with Crippen molar-refractivity contribution in [1.82, 2.24) is 0 Å². The molecule has 1 aromatic carbocycles. The molecule has 1 aromatic heterocycles. The van der Waals surface area contributed by atoms with E-state index in [1.807, 2.05) is 19.9 Å². The Hall–Kier alpha value is -0.740. The van der Waals surface area contributed by atoms with Gasteiger partial charge in [-0.25, -0.2) is 0 Å². The molecule has 1 unspecified atom stereocenters. The number of benzene rings is 1. The van der Waals surface area contributed by atoms with Gasteiger partial charge >= 0.3 is 5.51 Å². The summed E-state index contributed by atoms with van der Waals surface area (Å²) >= 11 is 0. The van der Waals surface area contributed by atoms with Crippen LogP contribution in [0, 0.1) is 6.92 Å². The number of hydrogen-bond donors (Lipinski definition) is 0. The third-order valence-electron chi connectivity index (χ3n) is 2.80. The first-order chi connectivity index (χ1) is 7.95. The highest BCUT2D eigenvalue weighted by atomic mass is 35.5. The van der Waals surface area contributed by atoms with Gasteiger partial charge in [0.15, 0.2) is 9.58 Å². The quantitative estimate of drug-likeness (QED) is 0.619. The maximum absolute atomic E-state index is 13.1. The van der Waals surface area contributed by atoms with Crippen LogP contribution in [-0.4, -0.2) is 0 Å². The summed E-state index contributed by atoms with van der Waals surface area (Å²) < 4.78 is 39.8. The summed E-state index contributed by atoms with van der Waals surface area (Å²) in [5, 5.41) is 0.775. The number of rotatable bonds is 2. The largest absolute Gasteiger partial charge is 0.600 e. The molecule has 0 N–H and O–H groups in total. The molecule has 0 saturated heterocycles. The summed E-state index contributed by atoms with van der Waals surface area (Å²) in [7, 11) is -1.71. The molecular formula is C13H15ClF3S+. The van der Waals surface area contributed by atoms with E-state index < -0.39 is 16.0 Å². The topological polar surface area (TPSA) is 0 Å². The molecule has 2 rings (SSSR count). The lowest BCUT2D eigenvalue weighted by Crippen LogP contribution is -1.98. The van der Waals surface area contributed by atoms with Gasteiger partial charge in [0.2, 0.25) is 0 Å². The van der Waals surface area contributed by atoms with E-state index in [4.69, 9.17) is 0 Å². The summed E-state index contributed by atoms with van der Waals surface area (Å²) in [4.78, 5) is 0.532. The van der Waals surface area contributed by atoms with E-state index in [2.05, 4.69) is 0 Å². The lowest BCUT2D eigenvalue weighted by Gasteiger charge is -1.99. The van der Waals surface area contributed by atoms with Crippen molar-refractivity contribution in [2.24, 2.45) is 0 Å². The number of hydrogen-bond acceptors (Lipinski definition) is 0. The smallest absolute Gasteiger partial charge is 0.147 e. The average Bonchev–Trinajstić information content (AvgIpc) is 2.57. The monoisotopic (exact) mass is 295 g/mol. The van der Waals surface area contributed by atoms with Gasteiger partial charge in [-0.3, -0.25) is 0 Å². The van der Waals surface area contributed by atoms with Crippen LogP contribution in [-0.2, 0) is 11.9 Å². The molecule has 2 aromatic rings. The average molecular weight is 296 g/mol. The molecule has 0 fully saturated rings. The Morgan fingerprint density at radius 1 is 1.22 bits per heavy atom. The van der Waals surface area contributed by atoms with Crippen LogP contribution in [0.1, 0.15) is 23.8 Å². The Bertz CT molecular complexity index is 543. The Labute approximate surface area is 113 Å². The van der Waals surface area contributed by atoms with Crippen molar-refractivity contribution >= 4 is 33.0 Å². The first kappa shape index (κ1) is 15.3. The van der Waals surface area contributed by atoms with Crippen LogP contribution in [0.4, 0.5) is 13.2 Å². The Balaban J connectivity index is 0.00000162. The molecule has 0 radical (unpaired) electrons. The molecule has 0 nitrogen and oxygen atoms in total. The molecule has 1 heterocycles. The van der Waals surface area contributed by atoms with E-state index in [0.717, 1.165) is 17.4 Å². The van der Waals surface area contributed by atoms with Crippen molar-refractivity contribution in [2.75, 3.05) is 0 Å². The highest BCUT2D eigenvalue weighted by Crippen LogP contribution is 2.51. The van der Waals surface area contributed by atoms with Crippen LogP contribution in [0.15, 0.2) is 24.3 Å². The Kier molecular flexibility index (Phi) is 4.67. The normalized spacial score (nSPS) is 12.6. The molecule has 0 bridgehead atoms. The number of alkyl halides is 3. The zero-order valence-electron chi connectivity index (χ0n) is 10.2. The van der Waals surface area contributed by atoms with Crippen molar-refractivity contribution in [3.05, 3.63) is 34.7 Å². The second kappa shape index (κ2) is 5.49. The van der Waals surface area contributed by atoms with Crippen LogP contribution in [0.5, 0.6) is 0 Å². The number of aryl methyl sites for hydroxylation is 2. The van der Waals surface area contributed by atoms with Gasteiger partial charge in [0, 0.05) is 17.9 Å². The molecule has 0 aliphatic rings. The van der Waals surface area contributed by atoms with Gasteiger partial charge in [-0.15, -0.1) is 25.6 Å². The van der Waals surface area contributed by atoms with Crippen LogP contribution in [0.25, 0.3) is 10.1 Å². The van der Waals surface area contributed by atoms with Gasteiger partial charge in [-0.05, 0) is 25.0 Å². The summed E-state index contributed by atoms with van der Waals surface area (Å²) in [6.07, 6.45) is 1.27. The van der Waals surface area contributed by atoms with Crippen molar-refractivity contribution in [2.45, 2.75) is 32.2 Å². The minimum absolute atomic E-state index is 0. The minimum atomic E-state index is -4.15. The van der Waals surface area contributed by atoms with Crippen LogP contribution in [0.2, 0.25) is 0 Å². The molecule has 5 heteroatoms. The molecule has 18 heavy (non-hydrogen) atoms. The number of thiophene rings is 1. The van der Waals surface area contributed by atoms with Gasteiger partial charge < -0.3 is 0 Å². The SMILES string of the molecule is CCCc1cc2c(C)cccc2[s+]1C(F)(F)F.Cl. The van der Waals surface area contributed by atoms with Gasteiger partial charge in [0.1, 0.15) is 0 Å². The van der Waals surface area contributed by atoms with Gasteiger partial charge in [-0.1, -0.05) is 19.1 Å². The zero-order chi connectivity index (χ0) is 12.6. The van der Waals surface area contributed by atoms with E-state index in [9.17, 15) is 13.2 Å². The van der Waals surface area contributed by atoms with E-state index in [1.54, 1.807) is 18.2 Å². The molecule has 0 saturated carbocycles. The van der Waals surface area contributed by atoms with Crippen molar-refractivity contribution in [1.29, 1.82) is 0 Å². The summed E-state index contributed by atoms with van der Waals surface area (Å²) in [5.74, 6) is 0. The van der Waals surface area contributed by atoms with Crippen LogP contribution < -0.4 is 0 Å². The molecule has 0 spiro atoms. The summed E-state index contributed by atoms with van der Waals surface area (Å²) in [5.41, 5.74) is -3.23. The highest BCUT2D eigenvalue weighted by Gasteiger charge is 2.47. The third kappa shape index (κ3) is 2.64. The summed E-state index contributed by atoms with van der Waals surface area (Å²) in [6, 6.07) is 6.92. The van der Waals surface area contributed by atoms with E-state index >= 15 is 0 Å². The van der Waals surface area contributed by atoms with Crippen LogP contribution in [0.3, 0.4) is 0 Å². The predicted octanol–water partition coefficient (Wildman–Crippen LogP) is 5.75. The maximum Gasteiger partial charge on any atom is 0.600 e. The fourth-order valence-corrected chi connectivity index (χ4v) is 4.20. The Morgan fingerprint density at radius 2 is 1.89 bits per heavy atom. The first-order valence-corrected chi connectivity index (χ1v) is 6.79. The third-order valence-corrected chi connectivity index (χ3v) is 4.90. The van der Waals surface area contributed by atoms with Gasteiger partial charge in [0.05, 0.1) is 10.5 Å². The fourth-order valence-electron chi connectivity index (χ4n) is 2.07. The van der Waals surface area contributed by atoms with Crippen molar-refractivity contribution in [3.8, 4) is 0 Å². The van der Waals surface area contributed by atoms with E-state index in [0.29, 0.717) is 16.0 Å². The second-order valence-electron chi connectivity index (χ2n) is 4.10. The zero-order valence-corrected chi connectivity index (χ0v) is 11.8. The molecular weight excluding hydrogens is 281 g/mol. The predicted molar refractivity (Wildman–Crippen MR) is 73.7 cm³/mol. The molecule has 0 aliphatic carbocycles. The molecule has 100 valence electrons. The summed E-state index contributed by atoms with van der Waals surface area (Å²) in [6.45, 7) is 3.77. The minimum Gasteiger partial charge on any atom is -0.147 e. The van der Waals surface area contributed by atoms with E-state index in [-0.39, 0.29) is 12.4 Å². The number of halogens is 4. The fraction of sp³-hybridized carbons (Fsp3) is 0.385. The second-order valence-corrected chi connectivity index (χ2v) is 6.14. The van der Waals surface area contributed by atoms with Crippen molar-refractivity contribution in [3.63, 3.8) is 0 Å². The van der Waals surface area contributed by atoms with Gasteiger partial charge in [0.25, 0.3) is 0 Å². The molecule has 0 amide bonds. The van der Waals surface area contributed by atoms with Gasteiger partial charge in [-0.2, -0.15) is 0 Å². The van der Waals surface area contributed by atoms with E-state index in [1.165, 1.54) is 0 Å². The molecule has 1 atom stereocenters. The standard InChI is InChI=1S/C13H14F3S.ClH/c1-3-5-10-8-11-9(2)6-4-7-12(11)17(10)13(14,15)16;/h4,6-8H,3,5H2,1-2H3;1H/q+1;. The van der Waals surface area contributed by atoms with Crippen molar-refractivity contribution < 1.29 is 13.2 Å². The number of fused-ring (bicyclic) bond motifs is 1. The lowest BCUT2D eigenvalue weighted by atomic mass is 10.1. The highest BCUT2D eigenvalue weighted by molar-refractivity contribution is 7.38. The maximum atomic E-state index is 13.1. The first-order valence-electron chi connectivity index (χ1n) is 5.56. The van der Waals surface area contributed by atoms with Crippen LogP contribution >= 0.6 is 22.9 Å².